The Kier molecular flexibility index (Phi) is 3.42. The van der Waals surface area contributed by atoms with Gasteiger partial charge in [0.2, 0.25) is 0 Å². The van der Waals surface area contributed by atoms with Crippen LogP contribution in [0.2, 0.25) is 0 Å². The third-order valence-electron chi connectivity index (χ3n) is 3.16. The monoisotopic (exact) mass is 261 g/mol. The number of aromatic nitrogens is 1. The molecular weight excluding hydrogens is 246 g/mol. The van der Waals surface area contributed by atoms with Gasteiger partial charge in [-0.1, -0.05) is 54.6 Å². The van der Waals surface area contributed by atoms with Gasteiger partial charge in [-0.05, 0) is 11.6 Å². The molecule has 0 fully saturated rings. The van der Waals surface area contributed by atoms with E-state index in [1.54, 1.807) is 0 Å². The Balaban J connectivity index is 1.87. The van der Waals surface area contributed by atoms with E-state index in [1.807, 2.05) is 54.7 Å². The smallest absolute Gasteiger partial charge is 0.133 e. The summed E-state index contributed by atoms with van der Waals surface area (Å²) < 4.78 is 0. The van der Waals surface area contributed by atoms with E-state index in [0.717, 1.165) is 16.8 Å². The zero-order valence-corrected chi connectivity index (χ0v) is 11.0. The molecule has 0 saturated heterocycles. The number of nitrogens with two attached hydrogens (primary N) is 1. The highest BCUT2D eigenvalue weighted by molar-refractivity contribution is 5.96. The van der Waals surface area contributed by atoms with Crippen molar-refractivity contribution in [3.8, 4) is 11.3 Å². The number of benzene rings is 1. The van der Waals surface area contributed by atoms with Crippen LogP contribution in [0.1, 0.15) is 11.1 Å². The average Bonchev–Trinajstić information content (AvgIpc) is 2.64. The van der Waals surface area contributed by atoms with Crippen molar-refractivity contribution in [3.05, 3.63) is 71.8 Å². The number of aliphatic imine (C=N–C) groups is 1. The zero-order valence-electron chi connectivity index (χ0n) is 11.0. The Labute approximate surface area is 118 Å². The van der Waals surface area contributed by atoms with E-state index in [0.29, 0.717) is 12.4 Å². The highest BCUT2D eigenvalue weighted by atomic mass is 14.9. The van der Waals surface area contributed by atoms with Gasteiger partial charge in [0, 0.05) is 17.3 Å². The molecule has 0 unspecified atom stereocenters. The summed E-state index contributed by atoms with van der Waals surface area (Å²) in [4.78, 5) is 8.84. The lowest BCUT2D eigenvalue weighted by atomic mass is 10.1. The van der Waals surface area contributed by atoms with Crippen molar-refractivity contribution in [1.29, 1.82) is 0 Å². The van der Waals surface area contributed by atoms with Crippen LogP contribution in [0.4, 0.5) is 5.82 Å². The van der Waals surface area contributed by atoms with Gasteiger partial charge in [0.25, 0.3) is 0 Å². The maximum atomic E-state index is 5.97. The molecule has 0 saturated carbocycles. The molecule has 1 aromatic carbocycles. The fourth-order valence-corrected chi connectivity index (χ4v) is 2.15. The molecule has 1 aromatic rings. The molecule has 3 nitrogen and oxygen atoms in total. The van der Waals surface area contributed by atoms with Gasteiger partial charge in [0.1, 0.15) is 5.82 Å². The summed E-state index contributed by atoms with van der Waals surface area (Å²) in [6.07, 6.45) is 1.82. The molecule has 0 aromatic heterocycles. The highest BCUT2D eigenvalue weighted by Gasteiger charge is 2.12. The second kappa shape index (κ2) is 5.53. The van der Waals surface area contributed by atoms with Crippen LogP contribution in [-0.2, 0) is 6.54 Å². The zero-order chi connectivity index (χ0) is 13.8. The van der Waals surface area contributed by atoms with E-state index in [9.17, 15) is 0 Å². The van der Waals surface area contributed by atoms with Crippen LogP contribution in [0.15, 0.2) is 65.7 Å². The summed E-state index contributed by atoms with van der Waals surface area (Å²) in [5.41, 5.74) is 9.97. The van der Waals surface area contributed by atoms with Gasteiger partial charge >= 0.3 is 0 Å². The van der Waals surface area contributed by atoms with Crippen LogP contribution in [0.25, 0.3) is 11.3 Å². The molecule has 3 rings (SSSR count). The molecule has 1 aliphatic heterocycles. The number of nitrogen functional groups attached to an aromatic ring is 1. The standard InChI is InChI=1S/C17H15N3/c18-17-15(12-19-11-13-7-3-1-4-8-13)14-9-5-2-6-10-16(14)20-17/h1-10,12H,11H2,(H2,18,20). The van der Waals surface area contributed by atoms with Crippen molar-refractivity contribution in [2.24, 2.45) is 4.99 Å². The maximum absolute atomic E-state index is 5.97. The van der Waals surface area contributed by atoms with E-state index >= 15 is 0 Å². The molecule has 0 amide bonds. The van der Waals surface area contributed by atoms with E-state index in [4.69, 9.17) is 5.73 Å². The summed E-state index contributed by atoms with van der Waals surface area (Å²) in [6, 6.07) is 20.0. The second-order valence-electron chi connectivity index (χ2n) is 4.58. The molecule has 0 spiro atoms. The molecule has 0 atom stereocenters. The molecule has 0 bridgehead atoms. The van der Waals surface area contributed by atoms with E-state index in [1.165, 1.54) is 5.56 Å². The SMILES string of the molecule is Nc1nc2cccccc-2c1C=NCc1ccccc1. The summed E-state index contributed by atoms with van der Waals surface area (Å²) in [6.45, 7) is 0.645. The normalized spacial score (nSPS) is 11.2. The predicted molar refractivity (Wildman–Crippen MR) is 83.0 cm³/mol. The second-order valence-corrected chi connectivity index (χ2v) is 4.58. The number of hydrogen-bond donors (Lipinski definition) is 1. The first-order chi connectivity index (χ1) is 9.84. The first-order valence-corrected chi connectivity index (χ1v) is 6.52. The number of hydrogen-bond acceptors (Lipinski definition) is 3. The van der Waals surface area contributed by atoms with Crippen LogP contribution in [0.3, 0.4) is 0 Å². The summed E-state index contributed by atoms with van der Waals surface area (Å²) in [7, 11) is 0. The third-order valence-corrected chi connectivity index (χ3v) is 3.16. The summed E-state index contributed by atoms with van der Waals surface area (Å²) in [5.74, 6) is 0.531. The van der Waals surface area contributed by atoms with Crippen LogP contribution in [-0.4, -0.2) is 11.2 Å². The lowest BCUT2D eigenvalue weighted by molar-refractivity contribution is 1.08. The molecule has 1 aliphatic carbocycles. The molecule has 98 valence electrons. The number of anilines is 1. The van der Waals surface area contributed by atoms with Gasteiger partial charge in [-0.25, -0.2) is 4.98 Å². The quantitative estimate of drug-likeness (QED) is 0.735. The number of rotatable bonds is 3. The largest absolute Gasteiger partial charge is 0.383 e. The van der Waals surface area contributed by atoms with E-state index in [-0.39, 0.29) is 0 Å². The predicted octanol–water partition coefficient (Wildman–Crippen LogP) is 3.39. The minimum Gasteiger partial charge on any atom is -0.383 e. The molecule has 3 heteroatoms. The van der Waals surface area contributed by atoms with E-state index < -0.39 is 0 Å². The van der Waals surface area contributed by atoms with Gasteiger partial charge < -0.3 is 5.73 Å². The number of fused-ring (bicyclic) bond motifs is 1. The Bertz CT molecular complexity index is 705. The van der Waals surface area contributed by atoms with Crippen LogP contribution < -0.4 is 5.73 Å². The Hall–Kier alpha value is -2.68. The summed E-state index contributed by atoms with van der Waals surface area (Å²) in [5, 5.41) is 0. The first-order valence-electron chi connectivity index (χ1n) is 6.52. The van der Waals surface area contributed by atoms with Crippen LogP contribution in [0.5, 0.6) is 0 Å². The first kappa shape index (κ1) is 12.4. The fraction of sp³-hybridized carbons (Fsp3) is 0.0588. The fourth-order valence-electron chi connectivity index (χ4n) is 2.15. The van der Waals surface area contributed by atoms with Gasteiger partial charge in [0.05, 0.1) is 12.2 Å². The van der Waals surface area contributed by atoms with Crippen LogP contribution in [0, 0.1) is 0 Å². The lowest BCUT2D eigenvalue weighted by Crippen LogP contribution is -1.91. The van der Waals surface area contributed by atoms with Crippen molar-refractivity contribution >= 4 is 12.0 Å². The topological polar surface area (TPSA) is 51.3 Å². The van der Waals surface area contributed by atoms with Gasteiger partial charge in [-0.15, -0.1) is 0 Å². The molecule has 2 aliphatic rings. The highest BCUT2D eigenvalue weighted by Crippen LogP contribution is 2.27. The van der Waals surface area contributed by atoms with Crippen molar-refractivity contribution in [3.63, 3.8) is 0 Å². The van der Waals surface area contributed by atoms with E-state index in [2.05, 4.69) is 22.1 Å². The minimum atomic E-state index is 0.531. The number of nitrogens with zero attached hydrogens (tertiary/aromatic N) is 2. The van der Waals surface area contributed by atoms with Gasteiger partial charge in [-0.3, -0.25) is 4.99 Å². The molecule has 2 N–H and O–H groups in total. The van der Waals surface area contributed by atoms with Crippen LogP contribution >= 0.6 is 0 Å². The molecule has 20 heavy (non-hydrogen) atoms. The lowest BCUT2D eigenvalue weighted by Gasteiger charge is -1.96. The third kappa shape index (κ3) is 2.52. The molecular formula is C17H15N3. The van der Waals surface area contributed by atoms with Crippen molar-refractivity contribution in [1.82, 2.24) is 4.98 Å². The average molecular weight is 261 g/mol. The summed E-state index contributed by atoms with van der Waals surface area (Å²) >= 11 is 0. The molecule has 0 radical (unpaired) electrons. The molecule has 1 heterocycles. The Morgan fingerprint density at radius 1 is 0.950 bits per heavy atom. The minimum absolute atomic E-state index is 0.531. The van der Waals surface area contributed by atoms with Crippen molar-refractivity contribution in [2.45, 2.75) is 6.54 Å². The van der Waals surface area contributed by atoms with Gasteiger partial charge in [-0.2, -0.15) is 0 Å². The van der Waals surface area contributed by atoms with Crippen molar-refractivity contribution < 1.29 is 0 Å². The maximum Gasteiger partial charge on any atom is 0.133 e. The Morgan fingerprint density at radius 2 is 1.65 bits per heavy atom. The Morgan fingerprint density at radius 3 is 2.45 bits per heavy atom. The van der Waals surface area contributed by atoms with Crippen molar-refractivity contribution in [2.75, 3.05) is 5.73 Å². The van der Waals surface area contributed by atoms with Gasteiger partial charge in [0.15, 0.2) is 0 Å².